The van der Waals surface area contributed by atoms with Crippen molar-refractivity contribution in [3.05, 3.63) is 41.5 Å². The fraction of sp³-hybridized carbons (Fsp3) is 0.385. The predicted octanol–water partition coefficient (Wildman–Crippen LogP) is 4.60. The monoisotopic (exact) mass is 296 g/mol. The molecule has 0 spiro atoms. The predicted molar refractivity (Wildman–Crippen MR) is 59.5 cm³/mol. The van der Waals surface area contributed by atoms with Crippen molar-refractivity contribution in [3.63, 3.8) is 0 Å². The van der Waals surface area contributed by atoms with E-state index in [0.29, 0.717) is 5.75 Å². The quantitative estimate of drug-likeness (QED) is 0.724. The number of hydrogen-bond donors (Lipinski definition) is 0. The third-order valence-corrected chi connectivity index (χ3v) is 3.22. The van der Waals surface area contributed by atoms with Gasteiger partial charge in [-0.1, -0.05) is 12.1 Å². The molecule has 0 fully saturated rings. The lowest BCUT2D eigenvalue weighted by molar-refractivity contribution is -0.0932. The Morgan fingerprint density at radius 1 is 1.00 bits per heavy atom. The highest BCUT2D eigenvalue weighted by Crippen LogP contribution is 2.54. The molecular formula is C13H10F6O. The molecule has 1 aromatic carbocycles. The first kappa shape index (κ1) is 14.7. The Morgan fingerprint density at radius 2 is 1.55 bits per heavy atom. The largest absolute Gasteiger partial charge is 0.497 e. The number of methoxy groups -OCH3 is 1. The summed E-state index contributed by atoms with van der Waals surface area (Å²) in [5.41, 5.74) is -0.210. The fourth-order valence-corrected chi connectivity index (χ4v) is 2.10. The molecule has 1 nitrogen and oxygen atoms in total. The number of allylic oxidation sites excluding steroid dienone is 2. The van der Waals surface area contributed by atoms with Gasteiger partial charge in [0.15, 0.2) is 0 Å². The highest BCUT2D eigenvalue weighted by Gasteiger charge is 2.59. The van der Waals surface area contributed by atoms with Gasteiger partial charge in [0.05, 0.1) is 13.0 Å². The number of ether oxygens (including phenoxy) is 1. The van der Waals surface area contributed by atoms with Crippen LogP contribution in [0, 0.1) is 0 Å². The van der Waals surface area contributed by atoms with Crippen LogP contribution in [-0.2, 0) is 0 Å². The molecular weight excluding hydrogens is 286 g/mol. The molecule has 1 atom stereocenters. The van der Waals surface area contributed by atoms with E-state index in [1.54, 1.807) is 0 Å². The van der Waals surface area contributed by atoms with Crippen LogP contribution >= 0.6 is 0 Å². The van der Waals surface area contributed by atoms with Gasteiger partial charge in [0.1, 0.15) is 5.75 Å². The first-order valence-corrected chi connectivity index (χ1v) is 5.66. The summed E-state index contributed by atoms with van der Waals surface area (Å²) < 4.78 is 84.8. The lowest BCUT2D eigenvalue weighted by atomic mass is 9.82. The van der Waals surface area contributed by atoms with Crippen LogP contribution < -0.4 is 4.74 Å². The van der Waals surface area contributed by atoms with E-state index < -0.39 is 35.8 Å². The van der Waals surface area contributed by atoms with E-state index in [9.17, 15) is 26.3 Å². The zero-order chi connectivity index (χ0) is 15.1. The molecule has 0 aromatic heterocycles. The third kappa shape index (κ3) is 2.25. The fourth-order valence-electron chi connectivity index (χ4n) is 2.10. The van der Waals surface area contributed by atoms with Crippen LogP contribution in [0.25, 0.3) is 0 Å². The molecule has 0 bridgehead atoms. The summed E-state index contributed by atoms with van der Waals surface area (Å²) >= 11 is 0. The van der Waals surface area contributed by atoms with E-state index in [4.69, 9.17) is 4.74 Å². The van der Waals surface area contributed by atoms with Gasteiger partial charge in [0.2, 0.25) is 11.7 Å². The molecule has 110 valence electrons. The van der Waals surface area contributed by atoms with Crippen LogP contribution in [0.3, 0.4) is 0 Å². The van der Waals surface area contributed by atoms with E-state index in [0.717, 1.165) is 12.1 Å². The van der Waals surface area contributed by atoms with Crippen LogP contribution in [-0.4, -0.2) is 19.0 Å². The molecule has 1 unspecified atom stereocenters. The molecule has 20 heavy (non-hydrogen) atoms. The normalized spacial score (nSPS) is 24.6. The highest BCUT2D eigenvalue weighted by molar-refractivity contribution is 5.36. The number of hydrogen-bond acceptors (Lipinski definition) is 1. The Balaban J connectivity index is 2.46. The van der Waals surface area contributed by atoms with E-state index in [-0.39, 0.29) is 5.56 Å². The summed E-state index contributed by atoms with van der Waals surface area (Å²) in [5.74, 6) is -15.7. The molecule has 0 heterocycles. The van der Waals surface area contributed by atoms with Crippen LogP contribution in [0.5, 0.6) is 5.75 Å². The van der Waals surface area contributed by atoms with E-state index in [2.05, 4.69) is 0 Å². The number of halogens is 6. The lowest BCUT2D eigenvalue weighted by Crippen LogP contribution is -2.39. The van der Waals surface area contributed by atoms with Crippen LogP contribution in [0.1, 0.15) is 17.9 Å². The minimum Gasteiger partial charge on any atom is -0.497 e. The van der Waals surface area contributed by atoms with Crippen LogP contribution in [0.15, 0.2) is 35.9 Å². The van der Waals surface area contributed by atoms with Crippen molar-refractivity contribution in [1.29, 1.82) is 0 Å². The standard InChI is InChI=1S/C13H10F6O/c1-20-8-4-2-7(3-5-8)9-6-12(16,17)10(14)11(15)13(9,18)19/h2-5,9H,6H2,1H3. The third-order valence-electron chi connectivity index (χ3n) is 3.22. The van der Waals surface area contributed by atoms with Gasteiger partial charge in [0.25, 0.3) is 0 Å². The van der Waals surface area contributed by atoms with E-state index in [1.165, 1.54) is 19.2 Å². The first-order valence-electron chi connectivity index (χ1n) is 5.66. The van der Waals surface area contributed by atoms with Crippen molar-refractivity contribution in [3.8, 4) is 5.75 Å². The van der Waals surface area contributed by atoms with Crippen LogP contribution in [0.4, 0.5) is 26.3 Å². The van der Waals surface area contributed by atoms with Gasteiger partial charge < -0.3 is 4.74 Å². The second-order valence-electron chi connectivity index (χ2n) is 4.49. The minimum atomic E-state index is -4.31. The molecule has 2 rings (SSSR count). The molecule has 7 heteroatoms. The Kier molecular flexibility index (Phi) is 3.47. The van der Waals surface area contributed by atoms with Crippen LogP contribution in [0.2, 0.25) is 0 Å². The Morgan fingerprint density at radius 3 is 2.05 bits per heavy atom. The van der Waals surface area contributed by atoms with Gasteiger partial charge in [0, 0.05) is 6.42 Å². The molecule has 1 aliphatic rings. The molecule has 1 aliphatic carbocycles. The maximum atomic E-state index is 13.7. The van der Waals surface area contributed by atoms with E-state index >= 15 is 0 Å². The first-order chi connectivity index (χ1) is 9.20. The van der Waals surface area contributed by atoms with Crippen molar-refractivity contribution in [1.82, 2.24) is 0 Å². The molecule has 0 amide bonds. The molecule has 0 radical (unpaired) electrons. The molecule has 0 saturated carbocycles. The zero-order valence-electron chi connectivity index (χ0n) is 10.3. The van der Waals surface area contributed by atoms with Gasteiger partial charge in [-0.25, -0.2) is 8.78 Å². The summed E-state index contributed by atoms with van der Waals surface area (Å²) in [6, 6.07) is 4.83. The van der Waals surface area contributed by atoms with Crippen molar-refractivity contribution < 1.29 is 31.1 Å². The molecule has 0 N–H and O–H groups in total. The Bertz CT molecular complexity index is 534. The van der Waals surface area contributed by atoms with Gasteiger partial charge in [-0.05, 0) is 17.7 Å². The Hall–Kier alpha value is -1.66. The van der Waals surface area contributed by atoms with Gasteiger partial charge >= 0.3 is 11.8 Å². The average molecular weight is 296 g/mol. The topological polar surface area (TPSA) is 9.23 Å². The van der Waals surface area contributed by atoms with E-state index in [1.807, 2.05) is 0 Å². The smallest absolute Gasteiger partial charge is 0.308 e. The lowest BCUT2D eigenvalue weighted by Gasteiger charge is -2.33. The minimum absolute atomic E-state index is 0.210. The van der Waals surface area contributed by atoms with Gasteiger partial charge in [-0.3, -0.25) is 0 Å². The maximum Gasteiger partial charge on any atom is 0.308 e. The van der Waals surface area contributed by atoms with Crippen molar-refractivity contribution in [2.24, 2.45) is 0 Å². The van der Waals surface area contributed by atoms with Crippen molar-refractivity contribution in [2.45, 2.75) is 24.2 Å². The Labute approximate surface area is 110 Å². The number of benzene rings is 1. The zero-order valence-corrected chi connectivity index (χ0v) is 10.3. The maximum absolute atomic E-state index is 13.7. The van der Waals surface area contributed by atoms with Crippen molar-refractivity contribution in [2.75, 3.05) is 7.11 Å². The average Bonchev–Trinajstić information content (AvgIpc) is 2.42. The summed E-state index contributed by atoms with van der Waals surface area (Å²) in [5, 5.41) is 0. The molecule has 0 saturated heterocycles. The summed E-state index contributed by atoms with van der Waals surface area (Å²) in [6.45, 7) is 0. The second-order valence-corrected chi connectivity index (χ2v) is 4.49. The SMILES string of the molecule is COc1ccc(C2CC(F)(F)C(F)=C(F)C2(F)F)cc1. The van der Waals surface area contributed by atoms with Crippen molar-refractivity contribution >= 4 is 0 Å². The summed E-state index contributed by atoms with van der Waals surface area (Å²) in [4.78, 5) is 0. The van der Waals surface area contributed by atoms with Gasteiger partial charge in [-0.2, -0.15) is 17.6 Å². The summed E-state index contributed by atoms with van der Waals surface area (Å²) in [7, 11) is 1.34. The van der Waals surface area contributed by atoms with Gasteiger partial charge in [-0.15, -0.1) is 0 Å². The second kappa shape index (κ2) is 4.71. The number of alkyl halides is 4. The summed E-state index contributed by atoms with van der Waals surface area (Å²) in [6.07, 6.45) is -1.49. The number of rotatable bonds is 2. The highest BCUT2D eigenvalue weighted by atomic mass is 19.3. The molecule has 0 aliphatic heterocycles. The molecule has 1 aromatic rings.